The predicted molar refractivity (Wildman–Crippen MR) is 77.9 cm³/mol. The van der Waals surface area contributed by atoms with Crippen molar-refractivity contribution in [1.29, 1.82) is 0 Å². The first-order chi connectivity index (χ1) is 9.78. The molecule has 1 aliphatic rings. The van der Waals surface area contributed by atoms with Gasteiger partial charge in [0.25, 0.3) is 5.91 Å². The maximum atomic E-state index is 12.1. The van der Waals surface area contributed by atoms with E-state index in [0.29, 0.717) is 12.2 Å². The molecule has 1 heterocycles. The average Bonchev–Trinajstić information content (AvgIpc) is 2.48. The standard InChI is InChI=1S/C16H16N2O2/c1-2-20-12-9-7-11(8-10-12)15-17-14-6-4-3-5-13(14)16(19)18-15/h3-10,15,17H,2H2,1H3,(H,18,19)/t15-/m0/s1. The molecule has 0 saturated heterocycles. The lowest BCUT2D eigenvalue weighted by Gasteiger charge is -2.28. The first-order valence-corrected chi connectivity index (χ1v) is 6.67. The number of hydrogen-bond donors (Lipinski definition) is 2. The summed E-state index contributed by atoms with van der Waals surface area (Å²) in [5.41, 5.74) is 2.53. The lowest BCUT2D eigenvalue weighted by Crippen LogP contribution is -2.38. The lowest BCUT2D eigenvalue weighted by molar-refractivity contribution is 0.0935. The molecule has 0 bridgehead atoms. The van der Waals surface area contributed by atoms with E-state index in [1.165, 1.54) is 0 Å². The van der Waals surface area contributed by atoms with Gasteiger partial charge in [-0.2, -0.15) is 0 Å². The number of carbonyl (C=O) groups is 1. The van der Waals surface area contributed by atoms with Crippen molar-refractivity contribution in [3.8, 4) is 5.75 Å². The fourth-order valence-electron chi connectivity index (χ4n) is 2.30. The summed E-state index contributed by atoms with van der Waals surface area (Å²) in [5.74, 6) is 0.775. The van der Waals surface area contributed by atoms with Gasteiger partial charge in [0.1, 0.15) is 11.9 Å². The van der Waals surface area contributed by atoms with Crippen LogP contribution in [0.5, 0.6) is 5.75 Å². The second-order valence-corrected chi connectivity index (χ2v) is 4.60. The van der Waals surface area contributed by atoms with Crippen LogP contribution >= 0.6 is 0 Å². The van der Waals surface area contributed by atoms with E-state index in [2.05, 4.69) is 10.6 Å². The minimum absolute atomic E-state index is 0.0572. The largest absolute Gasteiger partial charge is 0.494 e. The highest BCUT2D eigenvalue weighted by Gasteiger charge is 2.23. The number of hydrogen-bond acceptors (Lipinski definition) is 3. The Hall–Kier alpha value is -2.49. The molecule has 4 nitrogen and oxygen atoms in total. The molecule has 1 amide bonds. The van der Waals surface area contributed by atoms with E-state index in [-0.39, 0.29) is 12.1 Å². The van der Waals surface area contributed by atoms with Crippen LogP contribution in [0.2, 0.25) is 0 Å². The molecule has 0 saturated carbocycles. The number of anilines is 1. The summed E-state index contributed by atoms with van der Waals surface area (Å²) >= 11 is 0. The van der Waals surface area contributed by atoms with E-state index in [1.807, 2.05) is 55.5 Å². The van der Waals surface area contributed by atoms with E-state index < -0.39 is 0 Å². The second-order valence-electron chi connectivity index (χ2n) is 4.60. The molecule has 1 atom stereocenters. The third-order valence-corrected chi connectivity index (χ3v) is 3.27. The summed E-state index contributed by atoms with van der Waals surface area (Å²) in [6, 6.07) is 15.2. The third kappa shape index (κ3) is 2.32. The van der Waals surface area contributed by atoms with Crippen LogP contribution in [0.1, 0.15) is 29.0 Å². The number of para-hydroxylation sites is 1. The van der Waals surface area contributed by atoms with Crippen molar-refractivity contribution in [3.05, 3.63) is 59.7 Å². The maximum absolute atomic E-state index is 12.1. The van der Waals surface area contributed by atoms with Crippen molar-refractivity contribution >= 4 is 11.6 Å². The molecule has 20 heavy (non-hydrogen) atoms. The lowest BCUT2D eigenvalue weighted by atomic mass is 10.1. The summed E-state index contributed by atoms with van der Waals surface area (Å²) in [6.45, 7) is 2.60. The van der Waals surface area contributed by atoms with E-state index in [0.717, 1.165) is 17.0 Å². The van der Waals surface area contributed by atoms with Gasteiger partial charge in [-0.25, -0.2) is 0 Å². The summed E-state index contributed by atoms with van der Waals surface area (Å²) in [7, 11) is 0. The minimum atomic E-state index is -0.215. The van der Waals surface area contributed by atoms with Gasteiger partial charge < -0.3 is 15.4 Å². The van der Waals surface area contributed by atoms with Crippen molar-refractivity contribution in [2.24, 2.45) is 0 Å². The quantitative estimate of drug-likeness (QED) is 0.899. The van der Waals surface area contributed by atoms with Crippen molar-refractivity contribution in [1.82, 2.24) is 5.32 Å². The van der Waals surface area contributed by atoms with Crippen molar-refractivity contribution in [2.45, 2.75) is 13.1 Å². The van der Waals surface area contributed by atoms with Gasteiger partial charge in [-0.05, 0) is 36.8 Å². The zero-order valence-electron chi connectivity index (χ0n) is 11.2. The van der Waals surface area contributed by atoms with Crippen LogP contribution in [0, 0.1) is 0 Å². The highest BCUT2D eigenvalue weighted by Crippen LogP contribution is 2.27. The Morgan fingerprint density at radius 3 is 2.55 bits per heavy atom. The summed E-state index contributed by atoms with van der Waals surface area (Å²) in [6.07, 6.45) is -0.215. The molecule has 0 aromatic heterocycles. The van der Waals surface area contributed by atoms with Gasteiger partial charge >= 0.3 is 0 Å². The van der Waals surface area contributed by atoms with Crippen LogP contribution in [0.3, 0.4) is 0 Å². The summed E-state index contributed by atoms with van der Waals surface area (Å²) in [4.78, 5) is 12.1. The van der Waals surface area contributed by atoms with Crippen LogP contribution in [-0.2, 0) is 0 Å². The molecule has 0 unspecified atom stereocenters. The van der Waals surface area contributed by atoms with Crippen molar-refractivity contribution in [3.63, 3.8) is 0 Å². The Bertz CT molecular complexity index is 623. The normalized spacial score (nSPS) is 16.9. The van der Waals surface area contributed by atoms with Gasteiger partial charge in [-0.15, -0.1) is 0 Å². The topological polar surface area (TPSA) is 50.4 Å². The van der Waals surface area contributed by atoms with Gasteiger partial charge in [-0.3, -0.25) is 4.79 Å². The van der Waals surface area contributed by atoms with Gasteiger partial charge in [0.15, 0.2) is 0 Å². The van der Waals surface area contributed by atoms with E-state index in [9.17, 15) is 4.79 Å². The molecule has 2 N–H and O–H groups in total. The highest BCUT2D eigenvalue weighted by molar-refractivity contribution is 6.01. The van der Waals surface area contributed by atoms with Crippen molar-refractivity contribution < 1.29 is 9.53 Å². The Morgan fingerprint density at radius 1 is 1.05 bits per heavy atom. The molecular weight excluding hydrogens is 252 g/mol. The van der Waals surface area contributed by atoms with Gasteiger partial charge in [0, 0.05) is 5.69 Å². The van der Waals surface area contributed by atoms with Crippen LogP contribution in [0.25, 0.3) is 0 Å². The second kappa shape index (κ2) is 5.25. The first-order valence-electron chi connectivity index (χ1n) is 6.67. The maximum Gasteiger partial charge on any atom is 0.255 e. The van der Waals surface area contributed by atoms with Crippen LogP contribution < -0.4 is 15.4 Å². The number of carbonyl (C=O) groups excluding carboxylic acids is 1. The van der Waals surface area contributed by atoms with Gasteiger partial charge in [-0.1, -0.05) is 24.3 Å². The molecule has 3 rings (SSSR count). The zero-order chi connectivity index (χ0) is 13.9. The molecule has 2 aromatic carbocycles. The smallest absolute Gasteiger partial charge is 0.255 e. The molecule has 0 aliphatic carbocycles. The van der Waals surface area contributed by atoms with Gasteiger partial charge in [0.2, 0.25) is 0 Å². The molecule has 0 spiro atoms. The van der Waals surface area contributed by atoms with Crippen LogP contribution in [0.15, 0.2) is 48.5 Å². The zero-order valence-corrected chi connectivity index (χ0v) is 11.2. The first kappa shape index (κ1) is 12.5. The molecule has 0 radical (unpaired) electrons. The fraction of sp³-hybridized carbons (Fsp3) is 0.188. The SMILES string of the molecule is CCOc1ccc([C@@H]2NC(=O)c3ccccc3N2)cc1. The fourth-order valence-corrected chi connectivity index (χ4v) is 2.30. The highest BCUT2D eigenvalue weighted by atomic mass is 16.5. The molecule has 2 aromatic rings. The average molecular weight is 268 g/mol. The Kier molecular flexibility index (Phi) is 3.29. The number of amides is 1. The molecule has 102 valence electrons. The number of nitrogens with one attached hydrogen (secondary N) is 2. The molecule has 1 aliphatic heterocycles. The van der Waals surface area contributed by atoms with Crippen LogP contribution in [-0.4, -0.2) is 12.5 Å². The molecular formula is C16H16N2O2. The predicted octanol–water partition coefficient (Wildman–Crippen LogP) is 2.94. The third-order valence-electron chi connectivity index (χ3n) is 3.27. The Balaban J connectivity index is 1.84. The molecule has 4 heteroatoms. The van der Waals surface area contributed by atoms with E-state index in [4.69, 9.17) is 4.74 Å². The number of benzene rings is 2. The van der Waals surface area contributed by atoms with E-state index >= 15 is 0 Å². The number of fused-ring (bicyclic) bond motifs is 1. The van der Waals surface area contributed by atoms with Gasteiger partial charge in [0.05, 0.1) is 12.2 Å². The number of ether oxygens (including phenoxy) is 1. The molecule has 0 fully saturated rings. The number of rotatable bonds is 3. The van der Waals surface area contributed by atoms with Crippen molar-refractivity contribution in [2.75, 3.05) is 11.9 Å². The minimum Gasteiger partial charge on any atom is -0.494 e. The Labute approximate surface area is 117 Å². The Morgan fingerprint density at radius 2 is 1.80 bits per heavy atom. The summed E-state index contributed by atoms with van der Waals surface area (Å²) < 4.78 is 5.42. The summed E-state index contributed by atoms with van der Waals surface area (Å²) in [5, 5.41) is 6.27. The van der Waals surface area contributed by atoms with E-state index in [1.54, 1.807) is 0 Å². The van der Waals surface area contributed by atoms with Crippen LogP contribution in [0.4, 0.5) is 5.69 Å². The monoisotopic (exact) mass is 268 g/mol.